The Labute approximate surface area is 108 Å². The van der Waals surface area contributed by atoms with Gasteiger partial charge in [0, 0.05) is 19.6 Å². The first-order chi connectivity index (χ1) is 7.40. The van der Waals surface area contributed by atoms with Crippen molar-refractivity contribution < 1.29 is 10.6 Å². The van der Waals surface area contributed by atoms with Crippen LogP contribution < -0.4 is 0 Å². The molecule has 0 atom stereocenters. The maximum Gasteiger partial charge on any atom is 0.0558 e. The Bertz CT molecular complexity index is 341. The summed E-state index contributed by atoms with van der Waals surface area (Å²) in [6.45, 7) is 3.07. The van der Waals surface area contributed by atoms with Crippen molar-refractivity contribution in [3.8, 4) is 0 Å². The van der Waals surface area contributed by atoms with Crippen molar-refractivity contribution in [1.29, 1.82) is 0 Å². The molecule has 4 heteroatoms. The molecule has 1 aromatic rings. The highest BCUT2D eigenvalue weighted by Gasteiger charge is 2.11. The molecule has 96 valence electrons. The number of aliphatic hydroxyl groups excluding tert-OH is 1. The molecule has 0 unspecified atom stereocenters. The third-order valence-corrected chi connectivity index (χ3v) is 2.85. The van der Waals surface area contributed by atoms with Gasteiger partial charge < -0.3 is 10.6 Å². The summed E-state index contributed by atoms with van der Waals surface area (Å²) in [5, 5.41) is 8.84. The van der Waals surface area contributed by atoms with E-state index in [2.05, 4.69) is 35.2 Å². The molecule has 0 bridgehead atoms. The minimum atomic E-state index is 0. The standard InChI is InChI=1S/C13H17NO.ClH.H2O/c15-11-10-14-8-6-13(7-9-14)12-4-2-1-3-5-12;;/h1-6,15H,7-11H2;1H;1H2. The maximum atomic E-state index is 8.84. The molecule has 17 heavy (non-hydrogen) atoms. The number of hydrogen-bond donors (Lipinski definition) is 1. The van der Waals surface area contributed by atoms with Gasteiger partial charge in [-0.05, 0) is 17.6 Å². The van der Waals surface area contributed by atoms with Crippen LogP contribution in [0.4, 0.5) is 0 Å². The fraction of sp³-hybridized carbons (Fsp3) is 0.385. The Morgan fingerprint density at radius 2 is 1.88 bits per heavy atom. The van der Waals surface area contributed by atoms with Gasteiger partial charge in [0.05, 0.1) is 6.61 Å². The molecule has 3 nitrogen and oxygen atoms in total. The lowest BCUT2D eigenvalue weighted by Gasteiger charge is -2.25. The molecule has 3 N–H and O–H groups in total. The molecule has 1 aliphatic rings. The van der Waals surface area contributed by atoms with Crippen LogP contribution in [0.15, 0.2) is 36.4 Å². The van der Waals surface area contributed by atoms with E-state index in [9.17, 15) is 0 Å². The molecule has 2 rings (SSSR count). The highest BCUT2D eigenvalue weighted by Crippen LogP contribution is 2.21. The molecule has 0 fully saturated rings. The quantitative estimate of drug-likeness (QED) is 0.889. The molecule has 0 radical (unpaired) electrons. The first kappa shape index (κ1) is 16.1. The zero-order chi connectivity index (χ0) is 10.5. The van der Waals surface area contributed by atoms with E-state index in [1.165, 1.54) is 11.1 Å². The second kappa shape index (κ2) is 8.25. The lowest BCUT2D eigenvalue weighted by Crippen LogP contribution is -2.31. The first-order valence-electron chi connectivity index (χ1n) is 5.48. The average Bonchev–Trinajstić information content (AvgIpc) is 2.32. The first-order valence-corrected chi connectivity index (χ1v) is 5.48. The summed E-state index contributed by atoms with van der Waals surface area (Å²) in [6, 6.07) is 10.5. The van der Waals surface area contributed by atoms with Crippen molar-refractivity contribution in [2.75, 3.05) is 26.2 Å². The van der Waals surface area contributed by atoms with E-state index in [1.54, 1.807) is 0 Å². The van der Waals surface area contributed by atoms with Crippen LogP contribution in [0.3, 0.4) is 0 Å². The molecule has 0 saturated heterocycles. The largest absolute Gasteiger partial charge is 0.412 e. The Hall–Kier alpha value is -0.870. The monoisotopic (exact) mass is 257 g/mol. The van der Waals surface area contributed by atoms with Gasteiger partial charge >= 0.3 is 0 Å². The lowest BCUT2D eigenvalue weighted by molar-refractivity contribution is 0.208. The summed E-state index contributed by atoms with van der Waals surface area (Å²) >= 11 is 0. The van der Waals surface area contributed by atoms with Gasteiger partial charge in [0.1, 0.15) is 0 Å². The number of nitrogens with zero attached hydrogens (tertiary/aromatic N) is 1. The molecular weight excluding hydrogens is 238 g/mol. The van der Waals surface area contributed by atoms with Crippen LogP contribution in [0.2, 0.25) is 0 Å². The zero-order valence-corrected chi connectivity index (χ0v) is 10.6. The van der Waals surface area contributed by atoms with Gasteiger partial charge in [0.15, 0.2) is 0 Å². The predicted octanol–water partition coefficient (Wildman–Crippen LogP) is 1.37. The number of halogens is 1. The minimum absolute atomic E-state index is 0. The van der Waals surface area contributed by atoms with Gasteiger partial charge in [-0.15, -0.1) is 12.4 Å². The second-order valence-electron chi connectivity index (χ2n) is 3.87. The normalized spacial score (nSPS) is 15.5. The number of aliphatic hydroxyl groups is 1. The van der Waals surface area contributed by atoms with Gasteiger partial charge in [-0.25, -0.2) is 0 Å². The van der Waals surface area contributed by atoms with Crippen LogP contribution in [0.1, 0.15) is 12.0 Å². The molecule has 1 heterocycles. The van der Waals surface area contributed by atoms with Crippen LogP contribution >= 0.6 is 12.4 Å². The van der Waals surface area contributed by atoms with Crippen molar-refractivity contribution in [2.45, 2.75) is 6.42 Å². The van der Waals surface area contributed by atoms with Crippen molar-refractivity contribution >= 4 is 18.0 Å². The Morgan fingerprint density at radius 1 is 1.18 bits per heavy atom. The van der Waals surface area contributed by atoms with Gasteiger partial charge in [-0.3, -0.25) is 4.90 Å². The van der Waals surface area contributed by atoms with E-state index < -0.39 is 0 Å². The Kier molecular flexibility index (Phi) is 7.83. The summed E-state index contributed by atoms with van der Waals surface area (Å²) in [6.07, 6.45) is 3.36. The molecule has 0 aromatic heterocycles. The van der Waals surface area contributed by atoms with E-state index in [0.717, 1.165) is 26.1 Å². The molecule has 0 spiro atoms. The van der Waals surface area contributed by atoms with Crippen LogP contribution in [-0.4, -0.2) is 41.7 Å². The number of hydrogen-bond acceptors (Lipinski definition) is 2. The Balaban J connectivity index is 0.00000128. The Morgan fingerprint density at radius 3 is 2.41 bits per heavy atom. The van der Waals surface area contributed by atoms with Crippen molar-refractivity contribution in [1.82, 2.24) is 4.90 Å². The number of rotatable bonds is 3. The van der Waals surface area contributed by atoms with Crippen LogP contribution in [0, 0.1) is 0 Å². The third-order valence-electron chi connectivity index (χ3n) is 2.85. The molecule has 0 amide bonds. The highest BCUT2D eigenvalue weighted by atomic mass is 35.5. The van der Waals surface area contributed by atoms with Gasteiger partial charge in [-0.2, -0.15) is 0 Å². The topological polar surface area (TPSA) is 55.0 Å². The second-order valence-corrected chi connectivity index (χ2v) is 3.87. The molecule has 0 saturated carbocycles. The summed E-state index contributed by atoms with van der Waals surface area (Å²) in [4.78, 5) is 2.27. The van der Waals surface area contributed by atoms with Crippen LogP contribution in [0.25, 0.3) is 5.57 Å². The van der Waals surface area contributed by atoms with E-state index in [0.29, 0.717) is 0 Å². The van der Waals surface area contributed by atoms with E-state index in [-0.39, 0.29) is 24.5 Å². The predicted molar refractivity (Wildman–Crippen MR) is 73.4 cm³/mol. The molecule has 1 aliphatic heterocycles. The fourth-order valence-electron chi connectivity index (χ4n) is 1.97. The van der Waals surface area contributed by atoms with Crippen LogP contribution in [-0.2, 0) is 0 Å². The molecule has 0 aliphatic carbocycles. The highest BCUT2D eigenvalue weighted by molar-refractivity contribution is 5.85. The number of benzene rings is 1. The van der Waals surface area contributed by atoms with Gasteiger partial charge in [0.25, 0.3) is 0 Å². The average molecular weight is 258 g/mol. The smallest absolute Gasteiger partial charge is 0.0558 e. The fourth-order valence-corrected chi connectivity index (χ4v) is 1.97. The van der Waals surface area contributed by atoms with Crippen molar-refractivity contribution in [3.63, 3.8) is 0 Å². The minimum Gasteiger partial charge on any atom is -0.412 e. The maximum absolute atomic E-state index is 8.84. The van der Waals surface area contributed by atoms with E-state index in [4.69, 9.17) is 5.11 Å². The van der Waals surface area contributed by atoms with Crippen LogP contribution in [0.5, 0.6) is 0 Å². The number of β-amino-alcohol motifs (C(OH)–C–C–N with tert-alkyl or cyclic N) is 1. The SMILES string of the molecule is Cl.O.OCCN1CC=C(c2ccccc2)CC1. The third kappa shape index (κ3) is 4.48. The summed E-state index contributed by atoms with van der Waals surface area (Å²) in [5.74, 6) is 0. The lowest BCUT2D eigenvalue weighted by atomic mass is 10.00. The van der Waals surface area contributed by atoms with E-state index in [1.807, 2.05) is 6.07 Å². The zero-order valence-electron chi connectivity index (χ0n) is 9.80. The molecular formula is C13H20ClNO2. The van der Waals surface area contributed by atoms with E-state index >= 15 is 0 Å². The van der Waals surface area contributed by atoms with Crippen molar-refractivity contribution in [2.24, 2.45) is 0 Å². The van der Waals surface area contributed by atoms with Gasteiger partial charge in [0.2, 0.25) is 0 Å². The van der Waals surface area contributed by atoms with Gasteiger partial charge in [-0.1, -0.05) is 36.4 Å². The summed E-state index contributed by atoms with van der Waals surface area (Å²) in [5.41, 5.74) is 2.77. The molecule has 1 aromatic carbocycles. The summed E-state index contributed by atoms with van der Waals surface area (Å²) < 4.78 is 0. The van der Waals surface area contributed by atoms with Crippen molar-refractivity contribution in [3.05, 3.63) is 42.0 Å². The summed E-state index contributed by atoms with van der Waals surface area (Å²) in [7, 11) is 0.